The Hall–Kier alpha value is -1.26. The Kier molecular flexibility index (Phi) is 2.63. The Labute approximate surface area is 135 Å². The van der Waals surface area contributed by atoms with E-state index in [2.05, 4.69) is 22.6 Å². The van der Waals surface area contributed by atoms with Crippen LogP contribution in [0.15, 0.2) is 18.2 Å². The molecule has 22 heavy (non-hydrogen) atoms. The molecule has 2 saturated heterocycles. The number of aryl methyl sites for hydroxylation is 1. The summed E-state index contributed by atoms with van der Waals surface area (Å²) in [4.78, 5) is 7.39. The van der Waals surface area contributed by atoms with Gasteiger partial charge in [0.25, 0.3) is 0 Å². The van der Waals surface area contributed by atoms with Crippen molar-refractivity contribution in [3.63, 3.8) is 0 Å². The number of aromatic nitrogens is 2. The number of rotatable bonds is 1. The maximum Gasteiger partial charge on any atom is 0.206 e. The summed E-state index contributed by atoms with van der Waals surface area (Å²) in [5.74, 6) is 1.76. The van der Waals surface area contributed by atoms with Crippen LogP contribution >= 0.6 is 11.6 Å². The second-order valence-corrected chi connectivity index (χ2v) is 7.60. The molecule has 2 aliphatic heterocycles. The highest BCUT2D eigenvalue weighted by atomic mass is 35.5. The van der Waals surface area contributed by atoms with Gasteiger partial charge in [-0.2, -0.15) is 0 Å². The van der Waals surface area contributed by atoms with E-state index in [9.17, 15) is 0 Å². The molecule has 1 aromatic heterocycles. The van der Waals surface area contributed by atoms with Gasteiger partial charge in [0, 0.05) is 24.5 Å². The van der Waals surface area contributed by atoms with E-state index >= 15 is 0 Å². The van der Waals surface area contributed by atoms with Crippen molar-refractivity contribution in [2.24, 2.45) is 18.4 Å². The molecule has 1 spiro atoms. The zero-order valence-electron chi connectivity index (χ0n) is 12.8. The predicted molar refractivity (Wildman–Crippen MR) is 87.5 cm³/mol. The maximum atomic E-state index is 6.12. The van der Waals surface area contributed by atoms with E-state index in [1.807, 2.05) is 12.1 Å². The van der Waals surface area contributed by atoms with Crippen molar-refractivity contribution in [3.05, 3.63) is 23.2 Å². The average Bonchev–Trinajstić information content (AvgIpc) is 3.10. The predicted octanol–water partition coefficient (Wildman–Crippen LogP) is 3.23. The molecular weight excluding hydrogens is 298 g/mol. The summed E-state index contributed by atoms with van der Waals surface area (Å²) in [6, 6.07) is 6.45. The fourth-order valence-electron chi connectivity index (χ4n) is 4.80. The van der Waals surface area contributed by atoms with Gasteiger partial charge in [0.1, 0.15) is 0 Å². The summed E-state index contributed by atoms with van der Waals surface area (Å²) in [7, 11) is 2.11. The lowest BCUT2D eigenvalue weighted by atomic mass is 9.62. The number of benzene rings is 1. The summed E-state index contributed by atoms with van der Waals surface area (Å²) in [6.45, 7) is 2.91. The minimum absolute atomic E-state index is 0.483. The van der Waals surface area contributed by atoms with Crippen molar-refractivity contribution in [1.82, 2.24) is 9.55 Å². The molecule has 5 heteroatoms. The van der Waals surface area contributed by atoms with Crippen molar-refractivity contribution < 1.29 is 4.74 Å². The Morgan fingerprint density at radius 1 is 1.32 bits per heavy atom. The van der Waals surface area contributed by atoms with Crippen LogP contribution in [0.2, 0.25) is 5.02 Å². The fourth-order valence-corrected chi connectivity index (χ4v) is 4.97. The summed E-state index contributed by atoms with van der Waals surface area (Å²) >= 11 is 6.12. The van der Waals surface area contributed by atoms with Crippen molar-refractivity contribution in [1.29, 1.82) is 0 Å². The Balaban J connectivity index is 1.61. The van der Waals surface area contributed by atoms with E-state index in [4.69, 9.17) is 21.3 Å². The number of anilines is 1. The zero-order chi connectivity index (χ0) is 14.9. The van der Waals surface area contributed by atoms with Gasteiger partial charge in [0.2, 0.25) is 5.95 Å². The topological polar surface area (TPSA) is 30.3 Å². The van der Waals surface area contributed by atoms with Gasteiger partial charge in [-0.25, -0.2) is 4.98 Å². The monoisotopic (exact) mass is 317 g/mol. The molecule has 2 atom stereocenters. The van der Waals surface area contributed by atoms with E-state index < -0.39 is 0 Å². The van der Waals surface area contributed by atoms with E-state index in [1.165, 1.54) is 19.3 Å². The van der Waals surface area contributed by atoms with Crippen LogP contribution in [0.4, 0.5) is 5.95 Å². The van der Waals surface area contributed by atoms with Crippen LogP contribution in [0.1, 0.15) is 19.3 Å². The van der Waals surface area contributed by atoms with Crippen LogP contribution in [-0.4, -0.2) is 35.4 Å². The number of hydrogen-bond acceptors (Lipinski definition) is 3. The first-order valence-electron chi connectivity index (χ1n) is 8.14. The molecule has 1 aromatic carbocycles. The third kappa shape index (κ3) is 1.60. The van der Waals surface area contributed by atoms with Gasteiger partial charge in [-0.3, -0.25) is 0 Å². The van der Waals surface area contributed by atoms with E-state index in [1.54, 1.807) is 0 Å². The van der Waals surface area contributed by atoms with Gasteiger partial charge >= 0.3 is 0 Å². The lowest BCUT2D eigenvalue weighted by Gasteiger charge is -2.42. The molecular formula is C17H20ClN3O. The quantitative estimate of drug-likeness (QED) is 0.809. The second-order valence-electron chi connectivity index (χ2n) is 7.16. The second kappa shape index (κ2) is 4.39. The Morgan fingerprint density at radius 2 is 2.18 bits per heavy atom. The largest absolute Gasteiger partial charge is 0.379 e. The van der Waals surface area contributed by atoms with Gasteiger partial charge in [0.15, 0.2) is 0 Å². The first-order valence-corrected chi connectivity index (χ1v) is 8.52. The van der Waals surface area contributed by atoms with Crippen molar-refractivity contribution in [3.8, 4) is 0 Å². The highest BCUT2D eigenvalue weighted by Crippen LogP contribution is 2.56. The molecule has 0 bridgehead atoms. The van der Waals surface area contributed by atoms with Crippen LogP contribution in [0.3, 0.4) is 0 Å². The third-order valence-corrected chi connectivity index (χ3v) is 6.38. The third-order valence-electron chi connectivity index (χ3n) is 6.15. The van der Waals surface area contributed by atoms with Gasteiger partial charge in [0.05, 0.1) is 30.3 Å². The van der Waals surface area contributed by atoms with E-state index in [-0.39, 0.29) is 0 Å². The molecule has 0 radical (unpaired) electrons. The normalized spacial score (nSPS) is 29.3. The molecule has 0 N–H and O–H groups in total. The number of ether oxygens (including phenoxy) is 1. The van der Waals surface area contributed by atoms with Crippen LogP contribution < -0.4 is 4.90 Å². The van der Waals surface area contributed by atoms with E-state index in [0.29, 0.717) is 17.4 Å². The number of nitrogens with zero attached hydrogens (tertiary/aromatic N) is 3. The van der Waals surface area contributed by atoms with Crippen molar-refractivity contribution >= 4 is 28.6 Å². The molecule has 1 aliphatic carbocycles. The summed E-state index contributed by atoms with van der Waals surface area (Å²) in [6.07, 6.45) is 4.07. The minimum atomic E-state index is 0.483. The van der Waals surface area contributed by atoms with Crippen LogP contribution in [-0.2, 0) is 11.8 Å². The molecule has 2 aromatic rings. The Bertz CT molecular complexity index is 752. The van der Waals surface area contributed by atoms with Crippen LogP contribution in [0.25, 0.3) is 11.0 Å². The average molecular weight is 318 g/mol. The minimum Gasteiger partial charge on any atom is -0.379 e. The molecule has 5 rings (SSSR count). The van der Waals surface area contributed by atoms with Gasteiger partial charge in [-0.1, -0.05) is 18.0 Å². The zero-order valence-corrected chi connectivity index (χ0v) is 13.5. The summed E-state index contributed by atoms with van der Waals surface area (Å²) in [5, 5.41) is 0.746. The smallest absolute Gasteiger partial charge is 0.206 e. The SMILES string of the molecule is Cn1c(N2CC3(CCC3)[C@@H]3COC[C@@H]32)nc2cc(Cl)ccc21. The highest BCUT2D eigenvalue weighted by Gasteiger charge is 2.58. The summed E-state index contributed by atoms with van der Waals surface area (Å²) < 4.78 is 8.03. The molecule has 0 amide bonds. The molecule has 3 heterocycles. The van der Waals surface area contributed by atoms with E-state index in [0.717, 1.165) is 41.8 Å². The number of fused-ring (bicyclic) bond motifs is 3. The first-order chi connectivity index (χ1) is 10.7. The molecule has 4 nitrogen and oxygen atoms in total. The van der Waals surface area contributed by atoms with Gasteiger partial charge < -0.3 is 14.2 Å². The van der Waals surface area contributed by atoms with Crippen LogP contribution in [0, 0.1) is 11.3 Å². The maximum absolute atomic E-state index is 6.12. The molecule has 0 unspecified atom stereocenters. The number of halogens is 1. The highest BCUT2D eigenvalue weighted by molar-refractivity contribution is 6.31. The van der Waals surface area contributed by atoms with Gasteiger partial charge in [-0.05, 0) is 36.5 Å². The standard InChI is InChI=1S/C17H20ClN3O/c1-20-14-4-3-11(18)7-13(14)19-16(20)21-10-17(5-2-6-17)12-8-22-9-15(12)21/h3-4,7,12,15H,2,5-6,8-10H2,1H3/t12-,15+/m1/s1. The molecule has 3 aliphatic rings. The number of hydrogen-bond donors (Lipinski definition) is 0. The molecule has 3 fully saturated rings. The number of imidazole rings is 1. The first kappa shape index (κ1) is 13.2. The fraction of sp³-hybridized carbons (Fsp3) is 0.588. The Morgan fingerprint density at radius 3 is 2.95 bits per heavy atom. The van der Waals surface area contributed by atoms with Crippen LogP contribution in [0.5, 0.6) is 0 Å². The lowest BCUT2D eigenvalue weighted by Crippen LogP contribution is -2.38. The summed E-state index contributed by atoms with van der Waals surface area (Å²) in [5.41, 5.74) is 2.61. The molecule has 116 valence electrons. The van der Waals surface area contributed by atoms with Gasteiger partial charge in [-0.15, -0.1) is 0 Å². The van der Waals surface area contributed by atoms with Crippen molar-refractivity contribution in [2.75, 3.05) is 24.7 Å². The van der Waals surface area contributed by atoms with Crippen molar-refractivity contribution in [2.45, 2.75) is 25.3 Å². The lowest BCUT2D eigenvalue weighted by molar-refractivity contribution is 0.0671. The molecule has 1 saturated carbocycles.